The van der Waals surface area contributed by atoms with Crippen molar-refractivity contribution >= 4 is 17.7 Å². The summed E-state index contributed by atoms with van der Waals surface area (Å²) in [6.07, 6.45) is 8.13. The number of hydrogen-bond acceptors (Lipinski definition) is 6. The molecule has 1 aliphatic carbocycles. The van der Waals surface area contributed by atoms with Gasteiger partial charge >= 0.3 is 0 Å². The van der Waals surface area contributed by atoms with Crippen molar-refractivity contribution in [2.45, 2.75) is 43.8 Å². The average Bonchev–Trinajstić information content (AvgIpc) is 3.24. The number of amides is 1. The van der Waals surface area contributed by atoms with Crippen LogP contribution in [0.2, 0.25) is 0 Å². The second kappa shape index (κ2) is 9.96. The molecule has 3 aromatic rings. The van der Waals surface area contributed by atoms with Crippen molar-refractivity contribution in [3.63, 3.8) is 0 Å². The molecule has 1 aliphatic rings. The van der Waals surface area contributed by atoms with Crippen LogP contribution in [0.4, 0.5) is 0 Å². The number of nitrogens with one attached hydrogen (secondary N) is 1. The van der Waals surface area contributed by atoms with Gasteiger partial charge in [0.05, 0.1) is 18.6 Å². The third-order valence-electron chi connectivity index (χ3n) is 5.67. The average molecular weight is 438 g/mol. The molecule has 0 aliphatic heterocycles. The quantitative estimate of drug-likeness (QED) is 0.560. The Labute approximate surface area is 186 Å². The summed E-state index contributed by atoms with van der Waals surface area (Å²) in [5, 5.41) is 12.7. The minimum Gasteiger partial charge on any atom is -0.497 e. The number of methoxy groups -OCH3 is 1. The van der Waals surface area contributed by atoms with Gasteiger partial charge in [-0.05, 0) is 43.0 Å². The van der Waals surface area contributed by atoms with E-state index in [1.165, 1.54) is 31.0 Å². The van der Waals surface area contributed by atoms with Gasteiger partial charge in [0.25, 0.3) is 0 Å². The number of benzene rings is 1. The van der Waals surface area contributed by atoms with Crippen LogP contribution in [0.25, 0.3) is 17.1 Å². The molecule has 0 spiro atoms. The molecule has 162 valence electrons. The predicted molar refractivity (Wildman–Crippen MR) is 121 cm³/mol. The third kappa shape index (κ3) is 5.07. The van der Waals surface area contributed by atoms with E-state index in [1.807, 2.05) is 41.0 Å². The van der Waals surface area contributed by atoms with Gasteiger partial charge in [0.1, 0.15) is 5.75 Å². The van der Waals surface area contributed by atoms with Crippen LogP contribution >= 0.6 is 11.8 Å². The molecule has 0 radical (unpaired) electrons. The second-order valence-electron chi connectivity index (χ2n) is 7.80. The number of thioether (sulfide) groups is 1. The number of rotatable bonds is 7. The fourth-order valence-electron chi connectivity index (χ4n) is 3.94. The van der Waals surface area contributed by atoms with Crippen LogP contribution in [0, 0.1) is 5.92 Å². The highest BCUT2D eigenvalue weighted by molar-refractivity contribution is 7.99. The van der Waals surface area contributed by atoms with Crippen molar-refractivity contribution < 1.29 is 9.53 Å². The SMILES string of the molecule is COc1cccc(-n2c(SCC(=O)N[C@H]3CCCC[C@H]3C)nnc2-c2ccncc2)c1. The number of carbonyl (C=O) groups excluding carboxylic acids is 1. The smallest absolute Gasteiger partial charge is 0.230 e. The fourth-order valence-corrected chi connectivity index (χ4v) is 4.71. The highest BCUT2D eigenvalue weighted by Crippen LogP contribution is 2.29. The number of pyridine rings is 1. The summed E-state index contributed by atoms with van der Waals surface area (Å²) in [5.41, 5.74) is 1.78. The Morgan fingerprint density at radius 1 is 1.19 bits per heavy atom. The maximum Gasteiger partial charge on any atom is 0.230 e. The molecular formula is C23H27N5O2S. The van der Waals surface area contributed by atoms with Gasteiger partial charge in [-0.1, -0.05) is 37.6 Å². The van der Waals surface area contributed by atoms with Crippen LogP contribution in [0.1, 0.15) is 32.6 Å². The summed E-state index contributed by atoms with van der Waals surface area (Å²) < 4.78 is 7.35. The van der Waals surface area contributed by atoms with Crippen LogP contribution in [-0.4, -0.2) is 44.6 Å². The summed E-state index contributed by atoms with van der Waals surface area (Å²) in [6, 6.07) is 11.8. The van der Waals surface area contributed by atoms with E-state index in [0.29, 0.717) is 22.7 Å². The van der Waals surface area contributed by atoms with Crippen molar-refractivity contribution in [2.24, 2.45) is 5.92 Å². The van der Waals surface area contributed by atoms with Gasteiger partial charge in [-0.25, -0.2) is 0 Å². The molecule has 0 saturated heterocycles. The summed E-state index contributed by atoms with van der Waals surface area (Å²) in [5.74, 6) is 2.30. The highest BCUT2D eigenvalue weighted by atomic mass is 32.2. The molecular weight excluding hydrogens is 410 g/mol. The second-order valence-corrected chi connectivity index (χ2v) is 8.75. The van der Waals surface area contributed by atoms with Crippen molar-refractivity contribution in [3.05, 3.63) is 48.8 Å². The van der Waals surface area contributed by atoms with Crippen molar-refractivity contribution in [1.82, 2.24) is 25.1 Å². The molecule has 1 aromatic carbocycles. The molecule has 1 amide bonds. The first-order valence-corrected chi connectivity index (χ1v) is 11.6. The normalized spacial score (nSPS) is 18.5. The zero-order valence-corrected chi connectivity index (χ0v) is 18.6. The maximum atomic E-state index is 12.6. The van der Waals surface area contributed by atoms with E-state index in [0.717, 1.165) is 23.4 Å². The number of aromatic nitrogens is 4. The van der Waals surface area contributed by atoms with Crippen LogP contribution in [0.5, 0.6) is 5.75 Å². The van der Waals surface area contributed by atoms with E-state index in [1.54, 1.807) is 19.5 Å². The Balaban J connectivity index is 1.57. The van der Waals surface area contributed by atoms with E-state index >= 15 is 0 Å². The Morgan fingerprint density at radius 3 is 2.77 bits per heavy atom. The predicted octanol–water partition coefficient (Wildman–Crippen LogP) is 4.12. The lowest BCUT2D eigenvalue weighted by Crippen LogP contribution is -2.41. The lowest BCUT2D eigenvalue weighted by atomic mass is 9.86. The topological polar surface area (TPSA) is 81.9 Å². The minimum absolute atomic E-state index is 0.0365. The van der Waals surface area contributed by atoms with E-state index < -0.39 is 0 Å². The molecule has 0 unspecified atom stereocenters. The number of carbonyl (C=O) groups is 1. The molecule has 2 aromatic heterocycles. The Kier molecular flexibility index (Phi) is 6.86. The largest absolute Gasteiger partial charge is 0.497 e. The van der Waals surface area contributed by atoms with E-state index in [2.05, 4.69) is 27.4 Å². The van der Waals surface area contributed by atoms with Gasteiger partial charge < -0.3 is 10.1 Å². The van der Waals surface area contributed by atoms with Crippen molar-refractivity contribution in [1.29, 1.82) is 0 Å². The number of nitrogens with zero attached hydrogens (tertiary/aromatic N) is 4. The highest BCUT2D eigenvalue weighted by Gasteiger charge is 2.23. The van der Waals surface area contributed by atoms with Crippen molar-refractivity contribution in [2.75, 3.05) is 12.9 Å². The zero-order valence-electron chi connectivity index (χ0n) is 17.8. The van der Waals surface area contributed by atoms with Gasteiger partial charge in [0.15, 0.2) is 11.0 Å². The van der Waals surface area contributed by atoms with Gasteiger partial charge in [0.2, 0.25) is 5.91 Å². The van der Waals surface area contributed by atoms with Crippen LogP contribution in [0.3, 0.4) is 0 Å². The molecule has 1 N–H and O–H groups in total. The minimum atomic E-state index is 0.0365. The lowest BCUT2D eigenvalue weighted by molar-refractivity contribution is -0.119. The summed E-state index contributed by atoms with van der Waals surface area (Å²) in [4.78, 5) is 16.7. The molecule has 0 bridgehead atoms. The van der Waals surface area contributed by atoms with Crippen LogP contribution in [-0.2, 0) is 4.79 Å². The monoisotopic (exact) mass is 437 g/mol. The molecule has 1 fully saturated rings. The summed E-state index contributed by atoms with van der Waals surface area (Å²) in [6.45, 7) is 2.22. The van der Waals surface area contributed by atoms with Gasteiger partial charge in [-0.3, -0.25) is 14.3 Å². The van der Waals surface area contributed by atoms with Gasteiger partial charge in [-0.15, -0.1) is 10.2 Å². The first kappa shape index (κ1) is 21.4. The first-order chi connectivity index (χ1) is 15.2. The maximum absolute atomic E-state index is 12.6. The number of hydrogen-bond donors (Lipinski definition) is 1. The van der Waals surface area contributed by atoms with Crippen LogP contribution < -0.4 is 10.1 Å². The lowest BCUT2D eigenvalue weighted by Gasteiger charge is -2.29. The van der Waals surface area contributed by atoms with E-state index in [-0.39, 0.29) is 11.9 Å². The molecule has 7 nitrogen and oxygen atoms in total. The van der Waals surface area contributed by atoms with Crippen molar-refractivity contribution in [3.8, 4) is 22.8 Å². The summed E-state index contributed by atoms with van der Waals surface area (Å²) in [7, 11) is 1.64. The summed E-state index contributed by atoms with van der Waals surface area (Å²) >= 11 is 1.39. The first-order valence-electron chi connectivity index (χ1n) is 10.6. The fraction of sp³-hybridized carbons (Fsp3) is 0.391. The molecule has 8 heteroatoms. The Hall–Kier alpha value is -2.87. The molecule has 2 atom stereocenters. The van der Waals surface area contributed by atoms with E-state index in [4.69, 9.17) is 4.74 Å². The molecule has 31 heavy (non-hydrogen) atoms. The Morgan fingerprint density at radius 2 is 2.00 bits per heavy atom. The Bertz CT molecular complexity index is 1020. The molecule has 1 saturated carbocycles. The van der Waals surface area contributed by atoms with Crippen LogP contribution in [0.15, 0.2) is 53.9 Å². The molecule has 2 heterocycles. The standard InChI is InChI=1S/C23H27N5O2S/c1-16-6-3-4-9-20(16)25-21(29)15-31-23-27-26-22(17-10-12-24-13-11-17)28(23)18-7-5-8-19(14-18)30-2/h5,7-8,10-14,16,20H,3-4,6,9,15H2,1-2H3,(H,25,29)/t16-,20+/m1/s1. The van der Waals surface area contributed by atoms with Gasteiger partial charge in [-0.2, -0.15) is 0 Å². The van der Waals surface area contributed by atoms with Gasteiger partial charge in [0, 0.05) is 30.1 Å². The van der Waals surface area contributed by atoms with E-state index in [9.17, 15) is 4.79 Å². The third-order valence-corrected chi connectivity index (χ3v) is 6.60. The molecule has 4 rings (SSSR count). The zero-order chi connectivity index (χ0) is 21.6. The number of ether oxygens (including phenoxy) is 1.